The molecular weight excluding hydrogens is 250 g/mol. The lowest BCUT2D eigenvalue weighted by Gasteiger charge is -2.20. The van der Waals surface area contributed by atoms with Crippen LogP contribution in [0.25, 0.3) is 5.69 Å². The van der Waals surface area contributed by atoms with Gasteiger partial charge in [-0.05, 0) is 57.9 Å². The highest BCUT2D eigenvalue weighted by molar-refractivity contribution is 5.42. The highest BCUT2D eigenvalue weighted by Crippen LogP contribution is 2.20. The van der Waals surface area contributed by atoms with Crippen molar-refractivity contribution in [2.45, 2.75) is 40.2 Å². The zero-order chi connectivity index (χ0) is 15.1. The van der Waals surface area contributed by atoms with Gasteiger partial charge in [0, 0.05) is 29.2 Å². The van der Waals surface area contributed by atoms with E-state index in [1.165, 1.54) is 11.1 Å². The van der Waals surface area contributed by atoms with Crippen LogP contribution in [0, 0.1) is 20.8 Å². The first-order valence-electron chi connectivity index (χ1n) is 6.73. The minimum Gasteiger partial charge on any atom is -0.386 e. The molecule has 3 heteroatoms. The van der Waals surface area contributed by atoms with Gasteiger partial charge in [0.05, 0.1) is 5.60 Å². The van der Waals surface area contributed by atoms with Crippen LogP contribution in [0.15, 0.2) is 35.3 Å². The van der Waals surface area contributed by atoms with Gasteiger partial charge < -0.3 is 9.67 Å². The average molecular weight is 271 g/mol. The van der Waals surface area contributed by atoms with Crippen molar-refractivity contribution < 1.29 is 5.11 Å². The van der Waals surface area contributed by atoms with Gasteiger partial charge in [-0.15, -0.1) is 0 Å². The van der Waals surface area contributed by atoms with E-state index < -0.39 is 5.60 Å². The molecule has 0 spiro atoms. The van der Waals surface area contributed by atoms with Crippen LogP contribution in [-0.2, 0) is 5.60 Å². The molecule has 0 bridgehead atoms. The van der Waals surface area contributed by atoms with E-state index in [0.717, 1.165) is 11.4 Å². The van der Waals surface area contributed by atoms with Crippen molar-refractivity contribution in [2.75, 3.05) is 0 Å². The summed E-state index contributed by atoms with van der Waals surface area (Å²) in [4.78, 5) is 12.0. The van der Waals surface area contributed by atoms with E-state index in [1.54, 1.807) is 26.1 Å². The Morgan fingerprint density at radius 3 is 2.05 bits per heavy atom. The number of hydrogen-bond acceptors (Lipinski definition) is 2. The van der Waals surface area contributed by atoms with Crippen molar-refractivity contribution in [3.63, 3.8) is 0 Å². The van der Waals surface area contributed by atoms with Crippen molar-refractivity contribution in [2.24, 2.45) is 0 Å². The van der Waals surface area contributed by atoms with Crippen molar-refractivity contribution in [3.05, 3.63) is 63.1 Å². The maximum Gasteiger partial charge on any atom is 0.187 e. The molecule has 0 saturated carbocycles. The molecule has 0 aliphatic carbocycles. The number of hydrogen-bond donors (Lipinski definition) is 1. The molecule has 0 radical (unpaired) electrons. The van der Waals surface area contributed by atoms with Crippen LogP contribution in [-0.4, -0.2) is 9.67 Å². The molecule has 0 unspecified atom stereocenters. The number of nitrogens with zero attached hydrogens (tertiary/aromatic N) is 1. The highest BCUT2D eigenvalue weighted by atomic mass is 16.3. The third kappa shape index (κ3) is 2.83. The van der Waals surface area contributed by atoms with Crippen molar-refractivity contribution in [1.82, 2.24) is 4.57 Å². The number of aliphatic hydroxyl groups is 1. The largest absolute Gasteiger partial charge is 0.386 e. The lowest BCUT2D eigenvalue weighted by atomic mass is 9.99. The Morgan fingerprint density at radius 1 is 1.00 bits per heavy atom. The van der Waals surface area contributed by atoms with E-state index in [-0.39, 0.29) is 5.43 Å². The summed E-state index contributed by atoms with van der Waals surface area (Å²) < 4.78 is 1.95. The number of aromatic nitrogens is 1. The van der Waals surface area contributed by atoms with Crippen LogP contribution in [0.2, 0.25) is 0 Å². The molecule has 20 heavy (non-hydrogen) atoms. The van der Waals surface area contributed by atoms with Gasteiger partial charge in [-0.3, -0.25) is 4.79 Å². The summed E-state index contributed by atoms with van der Waals surface area (Å²) >= 11 is 0. The maximum atomic E-state index is 12.0. The fourth-order valence-corrected chi connectivity index (χ4v) is 2.46. The Labute approximate surface area is 119 Å². The molecular formula is C17H21NO2. The molecule has 0 aliphatic heterocycles. The van der Waals surface area contributed by atoms with Gasteiger partial charge in [0.25, 0.3) is 0 Å². The SMILES string of the molecule is Cc1cc(C)cc(-n2cc(C(C)(C)O)c(=O)cc2C)c1. The number of benzene rings is 1. The third-order valence-corrected chi connectivity index (χ3v) is 3.39. The summed E-state index contributed by atoms with van der Waals surface area (Å²) in [6, 6.07) is 7.82. The Hall–Kier alpha value is -1.87. The first-order valence-corrected chi connectivity index (χ1v) is 6.73. The van der Waals surface area contributed by atoms with Crippen LogP contribution < -0.4 is 5.43 Å². The van der Waals surface area contributed by atoms with Crippen LogP contribution in [0.4, 0.5) is 0 Å². The van der Waals surface area contributed by atoms with Crippen LogP contribution in [0.5, 0.6) is 0 Å². The predicted molar refractivity (Wildman–Crippen MR) is 81.5 cm³/mol. The zero-order valence-corrected chi connectivity index (χ0v) is 12.7. The lowest BCUT2D eigenvalue weighted by Crippen LogP contribution is -2.27. The molecule has 0 saturated heterocycles. The highest BCUT2D eigenvalue weighted by Gasteiger charge is 2.21. The molecule has 1 aromatic heterocycles. The minimum absolute atomic E-state index is 0.129. The fourth-order valence-electron chi connectivity index (χ4n) is 2.46. The Kier molecular flexibility index (Phi) is 3.57. The quantitative estimate of drug-likeness (QED) is 0.912. The molecule has 3 nitrogen and oxygen atoms in total. The van der Waals surface area contributed by atoms with Crippen LogP contribution in [0.3, 0.4) is 0 Å². The molecule has 106 valence electrons. The average Bonchev–Trinajstić information content (AvgIpc) is 2.25. The molecule has 0 atom stereocenters. The van der Waals surface area contributed by atoms with Crippen molar-refractivity contribution >= 4 is 0 Å². The lowest BCUT2D eigenvalue weighted by molar-refractivity contribution is 0.0769. The standard InChI is InChI=1S/C17H21NO2/c1-11-6-12(2)8-14(7-11)18-10-15(17(4,5)20)16(19)9-13(18)3/h6-10,20H,1-5H3. The monoisotopic (exact) mass is 271 g/mol. The Morgan fingerprint density at radius 2 is 1.55 bits per heavy atom. The Bertz CT molecular complexity index is 686. The summed E-state index contributed by atoms with van der Waals surface area (Å²) in [6.07, 6.45) is 1.74. The Balaban J connectivity index is 2.71. The molecule has 0 fully saturated rings. The molecule has 1 N–H and O–H groups in total. The van der Waals surface area contributed by atoms with Crippen LogP contribution in [0.1, 0.15) is 36.2 Å². The molecule has 0 amide bonds. The summed E-state index contributed by atoms with van der Waals surface area (Å²) in [6.45, 7) is 9.25. The van der Waals surface area contributed by atoms with E-state index in [9.17, 15) is 9.90 Å². The van der Waals surface area contributed by atoms with Gasteiger partial charge in [-0.1, -0.05) is 6.07 Å². The van der Waals surface area contributed by atoms with Gasteiger partial charge in [-0.2, -0.15) is 0 Å². The predicted octanol–water partition coefficient (Wildman–Crippen LogP) is 2.99. The zero-order valence-electron chi connectivity index (χ0n) is 12.7. The second-order valence-electron chi connectivity index (χ2n) is 5.97. The molecule has 2 rings (SSSR count). The van der Waals surface area contributed by atoms with Crippen LogP contribution >= 0.6 is 0 Å². The first-order chi connectivity index (χ1) is 9.18. The minimum atomic E-state index is -1.15. The summed E-state index contributed by atoms with van der Waals surface area (Å²) in [5.41, 5.74) is 3.33. The molecule has 0 aliphatic rings. The van der Waals surface area contributed by atoms with Crippen molar-refractivity contribution in [1.29, 1.82) is 0 Å². The summed E-state index contributed by atoms with van der Waals surface area (Å²) in [5.74, 6) is 0. The van der Waals surface area contributed by atoms with Gasteiger partial charge >= 0.3 is 0 Å². The topological polar surface area (TPSA) is 42.2 Å². The van der Waals surface area contributed by atoms with Gasteiger partial charge in [0.1, 0.15) is 0 Å². The fraction of sp³-hybridized carbons (Fsp3) is 0.353. The first kappa shape index (κ1) is 14.5. The number of rotatable bonds is 2. The number of pyridine rings is 1. The second kappa shape index (κ2) is 4.91. The summed E-state index contributed by atoms with van der Waals surface area (Å²) in [7, 11) is 0. The van der Waals surface area contributed by atoms with E-state index in [2.05, 4.69) is 18.2 Å². The van der Waals surface area contributed by atoms with Crippen molar-refractivity contribution in [3.8, 4) is 5.69 Å². The van der Waals surface area contributed by atoms with E-state index >= 15 is 0 Å². The van der Waals surface area contributed by atoms with E-state index in [1.807, 2.05) is 25.3 Å². The molecule has 1 aromatic carbocycles. The van der Waals surface area contributed by atoms with E-state index in [0.29, 0.717) is 5.56 Å². The number of aryl methyl sites for hydroxylation is 3. The summed E-state index contributed by atoms with van der Waals surface area (Å²) in [5, 5.41) is 10.1. The maximum absolute atomic E-state index is 12.0. The van der Waals surface area contributed by atoms with Gasteiger partial charge in [0.15, 0.2) is 5.43 Å². The van der Waals surface area contributed by atoms with Gasteiger partial charge in [-0.25, -0.2) is 0 Å². The second-order valence-corrected chi connectivity index (χ2v) is 5.97. The van der Waals surface area contributed by atoms with Gasteiger partial charge in [0.2, 0.25) is 0 Å². The third-order valence-electron chi connectivity index (χ3n) is 3.39. The molecule has 2 aromatic rings. The molecule has 1 heterocycles. The van der Waals surface area contributed by atoms with E-state index in [4.69, 9.17) is 0 Å². The normalized spacial score (nSPS) is 11.7. The smallest absolute Gasteiger partial charge is 0.187 e.